The van der Waals surface area contributed by atoms with E-state index in [1.807, 2.05) is 0 Å². The molecule has 0 saturated carbocycles. The number of hydrogen-bond acceptors (Lipinski definition) is 3. The van der Waals surface area contributed by atoms with Crippen molar-refractivity contribution < 1.29 is 27.9 Å². The second-order valence-electron chi connectivity index (χ2n) is 5.74. The van der Waals surface area contributed by atoms with Gasteiger partial charge >= 0.3 is 12.1 Å². The van der Waals surface area contributed by atoms with E-state index < -0.39 is 36.3 Å². The van der Waals surface area contributed by atoms with Crippen LogP contribution in [-0.2, 0) is 35.3 Å². The Kier molecular flexibility index (Phi) is 4.23. The third kappa shape index (κ3) is 3.49. The highest BCUT2D eigenvalue weighted by Crippen LogP contribution is 2.27. The molecule has 9 heteroatoms. The highest BCUT2D eigenvalue weighted by molar-refractivity contribution is 5.84. The van der Waals surface area contributed by atoms with Gasteiger partial charge in [0.25, 0.3) is 0 Å². The molecular weight excluding hydrogens is 339 g/mol. The zero-order chi connectivity index (χ0) is 18.2. The van der Waals surface area contributed by atoms with E-state index in [-0.39, 0.29) is 13.0 Å². The minimum absolute atomic E-state index is 0.0966. The molecule has 0 fully saturated rings. The lowest BCUT2D eigenvalue weighted by atomic mass is 9.94. The van der Waals surface area contributed by atoms with Gasteiger partial charge in [0.15, 0.2) is 5.69 Å². The van der Waals surface area contributed by atoms with Crippen molar-refractivity contribution in [3.63, 3.8) is 0 Å². The third-order valence-electron chi connectivity index (χ3n) is 4.08. The zero-order valence-corrected chi connectivity index (χ0v) is 12.9. The molecule has 0 saturated heterocycles. The molecule has 1 aliphatic heterocycles. The molecule has 0 radical (unpaired) electrons. The van der Waals surface area contributed by atoms with E-state index in [2.05, 4.69) is 5.10 Å². The number of halogens is 3. The topological polar surface area (TPSA) is 75.4 Å². The van der Waals surface area contributed by atoms with Crippen LogP contribution in [0.4, 0.5) is 13.2 Å². The highest BCUT2D eigenvalue weighted by atomic mass is 19.4. The zero-order valence-electron chi connectivity index (χ0n) is 12.9. The van der Waals surface area contributed by atoms with E-state index in [0.717, 1.165) is 28.1 Å². The standard InChI is InChI=1S/C16H14F3N3O3/c17-16(18,19)13-5-6-21(20-13)9-14(23)22-8-11-4-2-1-3-10(11)7-12(22)15(24)25/h1-6,12H,7-9H2,(H,24,25). The molecule has 1 unspecified atom stereocenters. The molecule has 1 aromatic heterocycles. The Balaban J connectivity index is 1.80. The molecule has 3 rings (SSSR count). The van der Waals surface area contributed by atoms with Gasteiger partial charge < -0.3 is 10.0 Å². The van der Waals surface area contributed by atoms with E-state index in [9.17, 15) is 27.9 Å². The number of aliphatic carboxylic acids is 1. The third-order valence-corrected chi connectivity index (χ3v) is 4.08. The molecule has 1 N–H and O–H groups in total. The van der Waals surface area contributed by atoms with E-state index in [0.29, 0.717) is 0 Å². The maximum absolute atomic E-state index is 12.6. The summed E-state index contributed by atoms with van der Waals surface area (Å²) in [5.74, 6) is -1.75. The van der Waals surface area contributed by atoms with Crippen molar-refractivity contribution in [3.8, 4) is 0 Å². The molecule has 1 aliphatic rings. The number of benzene rings is 1. The Morgan fingerprint density at radius 2 is 1.88 bits per heavy atom. The maximum Gasteiger partial charge on any atom is 0.435 e. The average Bonchev–Trinajstić information content (AvgIpc) is 3.02. The van der Waals surface area contributed by atoms with Crippen LogP contribution in [0, 0.1) is 0 Å². The fraction of sp³-hybridized carbons (Fsp3) is 0.312. The van der Waals surface area contributed by atoms with Gasteiger partial charge in [-0.1, -0.05) is 24.3 Å². The predicted molar refractivity (Wildman–Crippen MR) is 79.3 cm³/mol. The van der Waals surface area contributed by atoms with Crippen LogP contribution >= 0.6 is 0 Å². The highest BCUT2D eigenvalue weighted by Gasteiger charge is 2.36. The number of aromatic nitrogens is 2. The Morgan fingerprint density at radius 3 is 2.48 bits per heavy atom. The summed E-state index contributed by atoms with van der Waals surface area (Å²) in [7, 11) is 0. The molecule has 1 amide bonds. The minimum atomic E-state index is -4.60. The molecule has 0 spiro atoms. The van der Waals surface area contributed by atoms with Gasteiger partial charge in [-0.3, -0.25) is 9.48 Å². The number of carboxylic acids is 1. The van der Waals surface area contributed by atoms with E-state index in [1.54, 1.807) is 24.3 Å². The van der Waals surface area contributed by atoms with E-state index in [4.69, 9.17) is 0 Å². The summed E-state index contributed by atoms with van der Waals surface area (Å²) in [5, 5.41) is 12.7. The summed E-state index contributed by atoms with van der Waals surface area (Å²) in [6.45, 7) is -0.360. The number of alkyl halides is 3. The predicted octanol–water partition coefficient (Wildman–Crippen LogP) is 1.94. The van der Waals surface area contributed by atoms with Gasteiger partial charge in [-0.2, -0.15) is 18.3 Å². The molecule has 6 nitrogen and oxygen atoms in total. The van der Waals surface area contributed by atoms with Gasteiger partial charge in [-0.25, -0.2) is 4.79 Å². The maximum atomic E-state index is 12.6. The Labute approximate surface area is 140 Å². The van der Waals surface area contributed by atoms with Crippen LogP contribution in [0.5, 0.6) is 0 Å². The number of carbonyl (C=O) groups excluding carboxylic acids is 1. The van der Waals surface area contributed by atoms with Crippen LogP contribution in [0.3, 0.4) is 0 Å². The van der Waals surface area contributed by atoms with Crippen molar-refractivity contribution in [2.24, 2.45) is 0 Å². The number of carbonyl (C=O) groups is 2. The largest absolute Gasteiger partial charge is 0.480 e. The molecule has 132 valence electrons. The van der Waals surface area contributed by atoms with E-state index in [1.165, 1.54) is 4.90 Å². The Bertz CT molecular complexity index is 816. The second-order valence-corrected chi connectivity index (χ2v) is 5.74. The van der Waals surface area contributed by atoms with Gasteiger partial charge in [0.05, 0.1) is 0 Å². The van der Waals surface area contributed by atoms with Crippen LogP contribution in [-0.4, -0.2) is 37.7 Å². The van der Waals surface area contributed by atoms with Crippen molar-refractivity contribution in [2.75, 3.05) is 0 Å². The molecule has 0 bridgehead atoms. The molecule has 0 aliphatic carbocycles. The minimum Gasteiger partial charge on any atom is -0.480 e. The van der Waals surface area contributed by atoms with Crippen LogP contribution < -0.4 is 0 Å². The second kappa shape index (κ2) is 6.23. The number of nitrogens with zero attached hydrogens (tertiary/aromatic N) is 3. The first-order valence-corrected chi connectivity index (χ1v) is 7.45. The summed E-state index contributed by atoms with van der Waals surface area (Å²) in [6.07, 6.45) is -3.39. The number of hydrogen-bond donors (Lipinski definition) is 1. The quantitative estimate of drug-likeness (QED) is 0.915. The van der Waals surface area contributed by atoms with Gasteiger partial charge in [-0.05, 0) is 17.2 Å². The SMILES string of the molecule is O=C(O)C1Cc2ccccc2CN1C(=O)Cn1ccc(C(F)(F)F)n1. The summed E-state index contributed by atoms with van der Waals surface area (Å²) >= 11 is 0. The summed E-state index contributed by atoms with van der Waals surface area (Å²) in [6, 6.07) is 6.89. The van der Waals surface area contributed by atoms with Gasteiger partial charge in [0, 0.05) is 19.2 Å². The molecule has 1 atom stereocenters. The normalized spacial score (nSPS) is 17.2. The lowest BCUT2D eigenvalue weighted by Crippen LogP contribution is -2.49. The molecule has 1 aromatic carbocycles. The van der Waals surface area contributed by atoms with Crippen LogP contribution in [0.15, 0.2) is 36.5 Å². The van der Waals surface area contributed by atoms with Crippen LogP contribution in [0.25, 0.3) is 0 Å². The van der Waals surface area contributed by atoms with Crippen molar-refractivity contribution in [1.82, 2.24) is 14.7 Å². The first-order chi connectivity index (χ1) is 11.8. The van der Waals surface area contributed by atoms with Gasteiger partial charge in [0.2, 0.25) is 5.91 Å². The first-order valence-electron chi connectivity index (χ1n) is 7.45. The first kappa shape index (κ1) is 17.0. The van der Waals surface area contributed by atoms with Crippen molar-refractivity contribution in [2.45, 2.75) is 31.7 Å². The smallest absolute Gasteiger partial charge is 0.435 e. The fourth-order valence-electron chi connectivity index (χ4n) is 2.84. The van der Waals surface area contributed by atoms with Crippen LogP contribution in [0.2, 0.25) is 0 Å². The van der Waals surface area contributed by atoms with E-state index >= 15 is 0 Å². The molecule has 2 heterocycles. The lowest BCUT2D eigenvalue weighted by molar-refractivity contribution is -0.151. The van der Waals surface area contributed by atoms with Crippen molar-refractivity contribution in [1.29, 1.82) is 0 Å². The van der Waals surface area contributed by atoms with Gasteiger partial charge in [-0.15, -0.1) is 0 Å². The monoisotopic (exact) mass is 353 g/mol. The fourth-order valence-corrected chi connectivity index (χ4v) is 2.84. The lowest BCUT2D eigenvalue weighted by Gasteiger charge is -2.34. The Morgan fingerprint density at radius 1 is 1.20 bits per heavy atom. The Hall–Kier alpha value is -2.84. The number of carboxylic acid groups (broad SMARTS) is 1. The molecule has 2 aromatic rings. The number of rotatable bonds is 3. The number of amides is 1. The van der Waals surface area contributed by atoms with Crippen molar-refractivity contribution >= 4 is 11.9 Å². The average molecular weight is 353 g/mol. The summed E-state index contributed by atoms with van der Waals surface area (Å²) < 4.78 is 38.6. The summed E-state index contributed by atoms with van der Waals surface area (Å²) in [5.41, 5.74) is 0.571. The van der Waals surface area contributed by atoms with Gasteiger partial charge in [0.1, 0.15) is 12.6 Å². The number of fused-ring (bicyclic) bond motifs is 1. The van der Waals surface area contributed by atoms with Crippen molar-refractivity contribution in [3.05, 3.63) is 53.3 Å². The summed E-state index contributed by atoms with van der Waals surface area (Å²) in [4.78, 5) is 25.1. The van der Waals surface area contributed by atoms with Crippen LogP contribution in [0.1, 0.15) is 16.8 Å². The molecule has 25 heavy (non-hydrogen) atoms. The molecular formula is C16H14F3N3O3.